The van der Waals surface area contributed by atoms with Crippen LogP contribution in [0.2, 0.25) is 0 Å². The zero-order chi connectivity index (χ0) is 16.1. The van der Waals surface area contributed by atoms with Gasteiger partial charge in [0.25, 0.3) is 0 Å². The molecule has 2 aliphatic carbocycles. The van der Waals surface area contributed by atoms with Crippen LogP contribution in [0, 0.1) is 23.2 Å². The first-order chi connectivity index (χ1) is 10.4. The molecule has 0 aliphatic heterocycles. The van der Waals surface area contributed by atoms with E-state index in [1.807, 2.05) is 12.1 Å². The van der Waals surface area contributed by atoms with Gasteiger partial charge in [0.1, 0.15) is 5.75 Å². The lowest BCUT2D eigenvalue weighted by Crippen LogP contribution is -2.37. The molecule has 3 rings (SSSR count). The Bertz CT molecular complexity index is 549. The molecule has 0 bridgehead atoms. The third kappa shape index (κ3) is 2.36. The zero-order valence-corrected chi connectivity index (χ0v) is 14.3. The lowest BCUT2D eigenvalue weighted by molar-refractivity contribution is 0.0139. The summed E-state index contributed by atoms with van der Waals surface area (Å²) in [6.45, 7) is 8.99. The molecule has 0 radical (unpaired) electrons. The van der Waals surface area contributed by atoms with Crippen molar-refractivity contribution in [2.24, 2.45) is 23.2 Å². The molecule has 1 aromatic carbocycles. The predicted molar refractivity (Wildman–Crippen MR) is 90.0 cm³/mol. The van der Waals surface area contributed by atoms with Crippen LogP contribution >= 0.6 is 0 Å². The summed E-state index contributed by atoms with van der Waals surface area (Å²) in [7, 11) is 0. The molecule has 1 saturated carbocycles. The van der Waals surface area contributed by atoms with E-state index in [4.69, 9.17) is 0 Å². The minimum absolute atomic E-state index is 0.00588. The number of aliphatic hydroxyl groups is 1. The number of phenols is 1. The van der Waals surface area contributed by atoms with Crippen molar-refractivity contribution in [3.8, 4) is 5.75 Å². The fourth-order valence-corrected chi connectivity index (χ4v) is 5.44. The van der Waals surface area contributed by atoms with Gasteiger partial charge < -0.3 is 10.2 Å². The van der Waals surface area contributed by atoms with E-state index in [9.17, 15) is 10.2 Å². The Kier molecular flexibility index (Phi) is 4.01. The standard InChI is InChI=1S/C20H30O2/c1-5-15-16-9-7-14(21)11-13(16)6-8-17(15)18-10-12(2)19(22)20(18,3)4/h7,9,11-12,15,17-19,21-22H,5-6,8,10H2,1-4H3/t12?,15?,17?,18?,19-/m0/s1. The van der Waals surface area contributed by atoms with Crippen LogP contribution in [0.15, 0.2) is 18.2 Å². The van der Waals surface area contributed by atoms with E-state index in [2.05, 4.69) is 33.8 Å². The van der Waals surface area contributed by atoms with Gasteiger partial charge in [0, 0.05) is 0 Å². The molecule has 0 amide bonds. The van der Waals surface area contributed by atoms with Crippen LogP contribution < -0.4 is 0 Å². The van der Waals surface area contributed by atoms with Crippen LogP contribution in [-0.4, -0.2) is 16.3 Å². The molecule has 0 heterocycles. The summed E-state index contributed by atoms with van der Waals surface area (Å²) in [6, 6.07) is 5.92. The number of hydrogen-bond acceptors (Lipinski definition) is 2. The lowest BCUT2D eigenvalue weighted by Gasteiger charge is -2.43. The third-order valence-corrected chi connectivity index (χ3v) is 6.63. The van der Waals surface area contributed by atoms with Gasteiger partial charge in [-0.2, -0.15) is 0 Å². The first-order valence-corrected chi connectivity index (χ1v) is 8.86. The summed E-state index contributed by atoms with van der Waals surface area (Å²) >= 11 is 0. The maximum atomic E-state index is 10.6. The molecule has 122 valence electrons. The Labute approximate surface area is 134 Å². The van der Waals surface area contributed by atoms with Crippen LogP contribution in [0.3, 0.4) is 0 Å². The SMILES string of the molecule is CCC1c2ccc(O)cc2CCC1C1CC(C)[C@H](O)C1(C)C. The van der Waals surface area contributed by atoms with Crippen molar-refractivity contribution in [1.29, 1.82) is 0 Å². The van der Waals surface area contributed by atoms with Gasteiger partial charge in [-0.25, -0.2) is 0 Å². The number of aliphatic hydroxyl groups excluding tert-OH is 1. The molecule has 2 heteroatoms. The van der Waals surface area contributed by atoms with E-state index < -0.39 is 0 Å². The van der Waals surface area contributed by atoms with E-state index in [1.165, 1.54) is 17.5 Å². The van der Waals surface area contributed by atoms with Gasteiger partial charge in [-0.1, -0.05) is 33.8 Å². The van der Waals surface area contributed by atoms with Gasteiger partial charge in [-0.05, 0) is 78.0 Å². The topological polar surface area (TPSA) is 40.5 Å². The summed E-state index contributed by atoms with van der Waals surface area (Å²) < 4.78 is 0. The first-order valence-electron chi connectivity index (χ1n) is 8.86. The summed E-state index contributed by atoms with van der Waals surface area (Å²) in [4.78, 5) is 0. The summed E-state index contributed by atoms with van der Waals surface area (Å²) in [5, 5.41) is 20.3. The summed E-state index contributed by atoms with van der Waals surface area (Å²) in [5.74, 6) is 2.59. The molecule has 0 saturated heterocycles. The second-order valence-electron chi connectivity index (χ2n) is 8.19. The van der Waals surface area contributed by atoms with Gasteiger partial charge in [0.2, 0.25) is 0 Å². The summed E-state index contributed by atoms with van der Waals surface area (Å²) in [6.07, 6.45) is 4.34. The van der Waals surface area contributed by atoms with Crippen LogP contribution in [-0.2, 0) is 6.42 Å². The molecule has 2 N–H and O–H groups in total. The third-order valence-electron chi connectivity index (χ3n) is 6.63. The molecule has 0 aromatic heterocycles. The Hall–Kier alpha value is -1.02. The molecular weight excluding hydrogens is 272 g/mol. The maximum absolute atomic E-state index is 10.6. The molecule has 1 fully saturated rings. The molecule has 2 aliphatic rings. The van der Waals surface area contributed by atoms with Crippen LogP contribution in [0.1, 0.15) is 64.0 Å². The Morgan fingerprint density at radius 2 is 2.00 bits per heavy atom. The van der Waals surface area contributed by atoms with Crippen molar-refractivity contribution in [3.05, 3.63) is 29.3 Å². The maximum Gasteiger partial charge on any atom is 0.115 e. The van der Waals surface area contributed by atoms with E-state index in [0.717, 1.165) is 19.3 Å². The van der Waals surface area contributed by atoms with E-state index in [0.29, 0.717) is 29.4 Å². The number of hydrogen-bond donors (Lipinski definition) is 2. The van der Waals surface area contributed by atoms with Gasteiger partial charge in [-0.3, -0.25) is 0 Å². The molecule has 22 heavy (non-hydrogen) atoms. The van der Waals surface area contributed by atoms with Crippen LogP contribution in [0.25, 0.3) is 0 Å². The second-order valence-corrected chi connectivity index (χ2v) is 8.19. The highest BCUT2D eigenvalue weighted by molar-refractivity contribution is 5.39. The minimum Gasteiger partial charge on any atom is -0.508 e. The number of phenolic OH excluding ortho intramolecular Hbond substituents is 1. The Balaban J connectivity index is 1.94. The molecule has 1 aromatic rings. The highest BCUT2D eigenvalue weighted by Crippen LogP contribution is 2.55. The number of aromatic hydroxyl groups is 1. The quantitative estimate of drug-likeness (QED) is 0.845. The zero-order valence-electron chi connectivity index (χ0n) is 14.3. The second kappa shape index (κ2) is 5.56. The van der Waals surface area contributed by atoms with Crippen LogP contribution in [0.5, 0.6) is 5.75 Å². The molecular formula is C20H30O2. The molecule has 4 unspecified atom stereocenters. The summed E-state index contributed by atoms with van der Waals surface area (Å²) in [5.41, 5.74) is 2.76. The number of benzene rings is 1. The van der Waals surface area contributed by atoms with Gasteiger partial charge in [0.15, 0.2) is 0 Å². The molecule has 0 spiro atoms. The highest BCUT2D eigenvalue weighted by atomic mass is 16.3. The van der Waals surface area contributed by atoms with E-state index in [1.54, 1.807) is 0 Å². The van der Waals surface area contributed by atoms with Crippen molar-refractivity contribution in [3.63, 3.8) is 0 Å². The number of rotatable bonds is 2. The van der Waals surface area contributed by atoms with Crippen molar-refractivity contribution in [2.45, 2.75) is 65.4 Å². The largest absolute Gasteiger partial charge is 0.508 e. The normalized spacial score (nSPS) is 37.0. The lowest BCUT2D eigenvalue weighted by atomic mass is 9.62. The number of aryl methyl sites for hydroxylation is 1. The van der Waals surface area contributed by atoms with E-state index in [-0.39, 0.29) is 11.5 Å². The van der Waals surface area contributed by atoms with Crippen molar-refractivity contribution in [2.75, 3.05) is 0 Å². The highest BCUT2D eigenvalue weighted by Gasteiger charge is 2.51. The number of fused-ring (bicyclic) bond motifs is 1. The van der Waals surface area contributed by atoms with E-state index >= 15 is 0 Å². The van der Waals surface area contributed by atoms with Crippen molar-refractivity contribution in [1.82, 2.24) is 0 Å². The average molecular weight is 302 g/mol. The minimum atomic E-state index is -0.184. The first kappa shape index (κ1) is 15.9. The molecule has 5 atom stereocenters. The Morgan fingerprint density at radius 3 is 2.59 bits per heavy atom. The van der Waals surface area contributed by atoms with Crippen molar-refractivity contribution >= 4 is 0 Å². The van der Waals surface area contributed by atoms with Gasteiger partial charge >= 0.3 is 0 Å². The smallest absolute Gasteiger partial charge is 0.115 e. The fraction of sp³-hybridized carbons (Fsp3) is 0.700. The Morgan fingerprint density at radius 1 is 1.27 bits per heavy atom. The van der Waals surface area contributed by atoms with Gasteiger partial charge in [0.05, 0.1) is 6.10 Å². The van der Waals surface area contributed by atoms with Crippen LogP contribution in [0.4, 0.5) is 0 Å². The fourth-order valence-electron chi connectivity index (χ4n) is 5.44. The van der Waals surface area contributed by atoms with Gasteiger partial charge in [-0.15, -0.1) is 0 Å². The van der Waals surface area contributed by atoms with Crippen molar-refractivity contribution < 1.29 is 10.2 Å². The molecule has 2 nitrogen and oxygen atoms in total. The average Bonchev–Trinajstić information content (AvgIpc) is 2.69. The predicted octanol–water partition coefficient (Wildman–Crippen LogP) is 4.49. The monoisotopic (exact) mass is 302 g/mol.